The number of thiazole rings is 1. The van der Waals surface area contributed by atoms with Crippen molar-refractivity contribution in [1.29, 1.82) is 0 Å². The summed E-state index contributed by atoms with van der Waals surface area (Å²) in [6, 6.07) is 4.18. The van der Waals surface area contributed by atoms with Crippen molar-refractivity contribution in [2.24, 2.45) is 0 Å². The van der Waals surface area contributed by atoms with Crippen LogP contribution in [0.25, 0.3) is 0 Å². The Morgan fingerprint density at radius 1 is 1.05 bits per heavy atom. The molecule has 1 fully saturated rings. The van der Waals surface area contributed by atoms with E-state index in [-0.39, 0.29) is 12.4 Å². The first-order chi connectivity index (χ1) is 9.79. The number of anilines is 1. The highest BCUT2D eigenvalue weighted by molar-refractivity contribution is 7.15. The van der Waals surface area contributed by atoms with Gasteiger partial charge in [0.1, 0.15) is 0 Å². The summed E-state index contributed by atoms with van der Waals surface area (Å²) in [6.07, 6.45) is 5.61. The van der Waals surface area contributed by atoms with E-state index in [1.807, 2.05) is 18.6 Å². The van der Waals surface area contributed by atoms with Crippen LogP contribution in [0.15, 0.2) is 30.7 Å². The quantitative estimate of drug-likeness (QED) is 0.930. The standard InChI is InChI=1S/C14H19N5S.ClH/c15-14-17-9-13(20-14)11-19-7-5-18(6-8-19)10-12-1-3-16-4-2-12;/h1-4,9H,5-8,10-11H2,(H2,15,17);1H. The van der Waals surface area contributed by atoms with E-state index in [4.69, 9.17) is 5.73 Å². The Morgan fingerprint density at radius 3 is 2.24 bits per heavy atom. The van der Waals surface area contributed by atoms with Crippen molar-refractivity contribution in [2.75, 3.05) is 31.9 Å². The zero-order valence-electron chi connectivity index (χ0n) is 11.8. The molecule has 0 saturated carbocycles. The van der Waals surface area contributed by atoms with Gasteiger partial charge in [-0.25, -0.2) is 4.98 Å². The fraction of sp³-hybridized carbons (Fsp3) is 0.429. The van der Waals surface area contributed by atoms with Gasteiger partial charge in [-0.2, -0.15) is 0 Å². The SMILES string of the molecule is Cl.Nc1ncc(CN2CCN(Cc3ccncc3)CC2)s1. The molecular formula is C14H20ClN5S. The monoisotopic (exact) mass is 325 g/mol. The number of halogens is 1. The Bertz CT molecular complexity index is 539. The van der Waals surface area contributed by atoms with Gasteiger partial charge in [0.25, 0.3) is 0 Å². The van der Waals surface area contributed by atoms with Crippen molar-refractivity contribution in [1.82, 2.24) is 19.8 Å². The third-order valence-electron chi connectivity index (χ3n) is 3.57. The first-order valence-corrected chi connectivity index (χ1v) is 7.65. The molecule has 3 rings (SSSR count). The minimum atomic E-state index is 0. The summed E-state index contributed by atoms with van der Waals surface area (Å²) in [5.74, 6) is 0. The summed E-state index contributed by atoms with van der Waals surface area (Å²) in [6.45, 7) is 6.40. The van der Waals surface area contributed by atoms with Crippen LogP contribution in [0.1, 0.15) is 10.4 Å². The zero-order valence-corrected chi connectivity index (χ0v) is 13.4. The Labute approximate surface area is 135 Å². The van der Waals surface area contributed by atoms with Crippen LogP contribution in [-0.2, 0) is 13.1 Å². The third-order valence-corrected chi connectivity index (χ3v) is 4.38. The van der Waals surface area contributed by atoms with Crippen LogP contribution < -0.4 is 5.73 Å². The van der Waals surface area contributed by atoms with Gasteiger partial charge in [-0.1, -0.05) is 0 Å². The molecule has 2 aromatic rings. The number of nitrogens with zero attached hydrogens (tertiary/aromatic N) is 4. The van der Waals surface area contributed by atoms with E-state index in [1.54, 1.807) is 11.3 Å². The molecule has 7 heteroatoms. The molecule has 0 unspecified atom stereocenters. The Morgan fingerprint density at radius 2 is 1.67 bits per heavy atom. The molecule has 0 atom stereocenters. The molecule has 0 aromatic carbocycles. The lowest BCUT2D eigenvalue weighted by Crippen LogP contribution is -2.45. The van der Waals surface area contributed by atoms with Crippen LogP contribution in [0.4, 0.5) is 5.13 Å². The van der Waals surface area contributed by atoms with Gasteiger partial charge >= 0.3 is 0 Å². The molecule has 1 aliphatic heterocycles. The van der Waals surface area contributed by atoms with Gasteiger partial charge in [-0.15, -0.1) is 23.7 Å². The highest BCUT2D eigenvalue weighted by Crippen LogP contribution is 2.17. The van der Waals surface area contributed by atoms with Crippen molar-refractivity contribution in [3.8, 4) is 0 Å². The van der Waals surface area contributed by atoms with E-state index in [2.05, 4.69) is 31.9 Å². The van der Waals surface area contributed by atoms with Crippen LogP contribution in [0.5, 0.6) is 0 Å². The van der Waals surface area contributed by atoms with Crippen LogP contribution >= 0.6 is 23.7 Å². The van der Waals surface area contributed by atoms with Gasteiger partial charge in [-0.3, -0.25) is 14.8 Å². The van der Waals surface area contributed by atoms with E-state index >= 15 is 0 Å². The minimum absolute atomic E-state index is 0. The summed E-state index contributed by atoms with van der Waals surface area (Å²) in [4.78, 5) is 14.4. The Kier molecular flexibility index (Phi) is 5.93. The second-order valence-electron chi connectivity index (χ2n) is 5.07. The highest BCUT2D eigenvalue weighted by Gasteiger charge is 2.17. The van der Waals surface area contributed by atoms with Crippen LogP contribution in [-0.4, -0.2) is 45.9 Å². The molecule has 1 saturated heterocycles. The number of hydrogen-bond donors (Lipinski definition) is 1. The molecule has 2 aromatic heterocycles. The average Bonchev–Trinajstić information content (AvgIpc) is 2.88. The topological polar surface area (TPSA) is 58.3 Å². The molecular weight excluding hydrogens is 306 g/mol. The van der Waals surface area contributed by atoms with E-state index in [9.17, 15) is 0 Å². The molecule has 0 amide bonds. The lowest BCUT2D eigenvalue weighted by molar-refractivity contribution is 0.123. The number of nitrogen functional groups attached to an aromatic ring is 1. The van der Waals surface area contributed by atoms with Crippen molar-refractivity contribution in [2.45, 2.75) is 13.1 Å². The van der Waals surface area contributed by atoms with Crippen molar-refractivity contribution < 1.29 is 0 Å². The van der Waals surface area contributed by atoms with Crippen molar-refractivity contribution in [3.05, 3.63) is 41.2 Å². The molecule has 3 heterocycles. The predicted octanol–water partition coefficient (Wildman–Crippen LogP) is 1.86. The normalized spacial score (nSPS) is 16.6. The molecule has 2 N–H and O–H groups in total. The molecule has 21 heavy (non-hydrogen) atoms. The Balaban J connectivity index is 0.00000161. The number of rotatable bonds is 4. The molecule has 5 nitrogen and oxygen atoms in total. The van der Waals surface area contributed by atoms with Gasteiger partial charge in [-0.05, 0) is 17.7 Å². The van der Waals surface area contributed by atoms with Crippen LogP contribution in [0.2, 0.25) is 0 Å². The lowest BCUT2D eigenvalue weighted by atomic mass is 10.2. The van der Waals surface area contributed by atoms with Gasteiger partial charge in [0.15, 0.2) is 5.13 Å². The van der Waals surface area contributed by atoms with E-state index < -0.39 is 0 Å². The van der Waals surface area contributed by atoms with E-state index in [1.165, 1.54) is 10.4 Å². The fourth-order valence-corrected chi connectivity index (χ4v) is 3.19. The molecule has 0 radical (unpaired) electrons. The first kappa shape index (κ1) is 16.2. The second kappa shape index (κ2) is 7.70. The number of hydrogen-bond acceptors (Lipinski definition) is 6. The van der Waals surface area contributed by atoms with Crippen LogP contribution in [0, 0.1) is 0 Å². The first-order valence-electron chi connectivity index (χ1n) is 6.83. The fourth-order valence-electron chi connectivity index (χ4n) is 2.47. The van der Waals surface area contributed by atoms with E-state index in [0.29, 0.717) is 5.13 Å². The zero-order chi connectivity index (χ0) is 13.8. The maximum Gasteiger partial charge on any atom is 0.180 e. The van der Waals surface area contributed by atoms with Gasteiger partial charge in [0.05, 0.1) is 0 Å². The third kappa shape index (κ3) is 4.64. The van der Waals surface area contributed by atoms with Crippen molar-refractivity contribution >= 4 is 28.9 Å². The minimum Gasteiger partial charge on any atom is -0.375 e. The van der Waals surface area contributed by atoms with Crippen molar-refractivity contribution in [3.63, 3.8) is 0 Å². The smallest absolute Gasteiger partial charge is 0.180 e. The van der Waals surface area contributed by atoms with Crippen LogP contribution in [0.3, 0.4) is 0 Å². The second-order valence-corrected chi connectivity index (χ2v) is 6.22. The van der Waals surface area contributed by atoms with E-state index in [0.717, 1.165) is 39.3 Å². The lowest BCUT2D eigenvalue weighted by Gasteiger charge is -2.34. The summed E-state index contributed by atoms with van der Waals surface area (Å²) in [5, 5.41) is 0.663. The van der Waals surface area contributed by atoms with Gasteiger partial charge in [0.2, 0.25) is 0 Å². The average molecular weight is 326 g/mol. The molecule has 114 valence electrons. The molecule has 0 bridgehead atoms. The summed E-state index contributed by atoms with van der Waals surface area (Å²) >= 11 is 1.59. The van der Waals surface area contributed by atoms with Gasteiger partial charge < -0.3 is 5.73 Å². The molecule has 1 aliphatic rings. The maximum absolute atomic E-state index is 5.67. The predicted molar refractivity (Wildman–Crippen MR) is 88.6 cm³/mol. The largest absolute Gasteiger partial charge is 0.375 e. The number of nitrogens with two attached hydrogens (primary N) is 1. The number of piperazine rings is 1. The highest BCUT2D eigenvalue weighted by atomic mass is 35.5. The summed E-state index contributed by atoms with van der Waals surface area (Å²) in [7, 11) is 0. The Hall–Kier alpha value is -1.21. The maximum atomic E-state index is 5.67. The molecule has 0 aliphatic carbocycles. The number of aromatic nitrogens is 2. The summed E-state index contributed by atoms with van der Waals surface area (Å²) in [5.41, 5.74) is 7.00. The summed E-state index contributed by atoms with van der Waals surface area (Å²) < 4.78 is 0. The van der Waals surface area contributed by atoms with Gasteiger partial charge in [0, 0.05) is 62.7 Å². The molecule has 0 spiro atoms. The number of pyridine rings is 1.